The van der Waals surface area contributed by atoms with Gasteiger partial charge in [-0.15, -0.1) is 21.5 Å². The first-order chi connectivity index (χ1) is 15.7. The number of thioether (sulfide) groups is 1. The number of rotatable bonds is 9. The van der Waals surface area contributed by atoms with Gasteiger partial charge in [-0.1, -0.05) is 43.3 Å². The Kier molecular flexibility index (Phi) is 7.28. The number of carbonyl (C=O) groups excluding carboxylic acids is 1. The maximum absolute atomic E-state index is 12.2. The van der Waals surface area contributed by atoms with Gasteiger partial charge >= 0.3 is 0 Å². The van der Waals surface area contributed by atoms with E-state index in [2.05, 4.69) is 56.0 Å². The van der Waals surface area contributed by atoms with Crippen LogP contribution < -0.4 is 5.32 Å². The van der Waals surface area contributed by atoms with Gasteiger partial charge in [0.05, 0.1) is 11.4 Å². The Hall–Kier alpha value is -3.04. The van der Waals surface area contributed by atoms with Gasteiger partial charge in [0.25, 0.3) is 5.91 Å². The Bertz CT molecular complexity index is 1190. The second-order valence-electron chi connectivity index (χ2n) is 7.19. The first-order valence-electron chi connectivity index (χ1n) is 10.4. The largest absolute Gasteiger partial charge is 0.351 e. The van der Waals surface area contributed by atoms with Crippen molar-refractivity contribution in [2.24, 2.45) is 0 Å². The topological polar surface area (TPSA) is 85.6 Å². The molecule has 1 N–H and O–H groups in total. The molecule has 7 nitrogen and oxygen atoms in total. The smallest absolute Gasteiger partial charge is 0.270 e. The van der Waals surface area contributed by atoms with Gasteiger partial charge in [-0.3, -0.25) is 14.3 Å². The average Bonchev–Trinajstić information content (AvgIpc) is 3.46. The molecule has 0 aliphatic carbocycles. The molecular formula is C23H24N6OS2. The van der Waals surface area contributed by atoms with Gasteiger partial charge in [-0.2, -0.15) is 0 Å². The predicted molar refractivity (Wildman–Crippen MR) is 128 cm³/mol. The minimum atomic E-state index is -0.118. The van der Waals surface area contributed by atoms with Crippen molar-refractivity contribution >= 4 is 29.0 Å². The lowest BCUT2D eigenvalue weighted by molar-refractivity contribution is 0.0948. The van der Waals surface area contributed by atoms with Crippen LogP contribution in [0.1, 0.15) is 40.8 Å². The highest BCUT2D eigenvalue weighted by Gasteiger charge is 2.18. The second-order valence-corrected chi connectivity index (χ2v) is 9.08. The van der Waals surface area contributed by atoms with Crippen LogP contribution in [0.4, 0.5) is 0 Å². The summed E-state index contributed by atoms with van der Waals surface area (Å²) >= 11 is 3.03. The van der Waals surface area contributed by atoms with Crippen molar-refractivity contribution in [1.29, 1.82) is 0 Å². The summed E-state index contributed by atoms with van der Waals surface area (Å²) in [6.07, 6.45) is 5.54. The number of nitrogens with one attached hydrogen (secondary N) is 1. The maximum Gasteiger partial charge on any atom is 0.270 e. The van der Waals surface area contributed by atoms with E-state index in [1.807, 2.05) is 29.6 Å². The molecular weight excluding hydrogens is 440 g/mol. The van der Waals surface area contributed by atoms with E-state index >= 15 is 0 Å². The molecule has 0 saturated heterocycles. The molecule has 3 aromatic heterocycles. The Morgan fingerprint density at radius 1 is 1.19 bits per heavy atom. The van der Waals surface area contributed by atoms with E-state index in [0.29, 0.717) is 18.0 Å². The normalized spacial score (nSPS) is 10.9. The fraction of sp³-hybridized carbons (Fsp3) is 0.261. The number of hydrogen-bond acceptors (Lipinski definition) is 7. The zero-order valence-electron chi connectivity index (χ0n) is 18.0. The van der Waals surface area contributed by atoms with Crippen molar-refractivity contribution in [2.45, 2.75) is 37.6 Å². The van der Waals surface area contributed by atoms with E-state index in [4.69, 9.17) is 0 Å². The van der Waals surface area contributed by atoms with E-state index in [1.54, 1.807) is 24.2 Å². The van der Waals surface area contributed by atoms with Crippen LogP contribution in [0.3, 0.4) is 0 Å². The lowest BCUT2D eigenvalue weighted by Crippen LogP contribution is -2.24. The molecule has 0 saturated carbocycles. The standard InChI is InChI=1S/C23H24N6OS2/c1-3-4-12-25-22(30)18-14-31-20(26-18)15-32-23-28-27-21(17-9-7-11-24-13-17)29(23)19-10-6-5-8-16(19)2/h5-11,13-14H,3-4,12,15H2,1-2H3,(H,25,30). The van der Waals surface area contributed by atoms with Crippen LogP contribution in [0.5, 0.6) is 0 Å². The van der Waals surface area contributed by atoms with Crippen molar-refractivity contribution in [3.63, 3.8) is 0 Å². The SMILES string of the molecule is CCCCNC(=O)c1csc(CSc2nnc(-c3cccnc3)n2-c2ccccc2C)n1. The van der Waals surface area contributed by atoms with Crippen molar-refractivity contribution < 1.29 is 4.79 Å². The lowest BCUT2D eigenvalue weighted by Gasteiger charge is -2.12. The molecule has 0 aliphatic rings. The van der Waals surface area contributed by atoms with Crippen LogP contribution in [-0.4, -0.2) is 37.2 Å². The first-order valence-corrected chi connectivity index (χ1v) is 12.3. The highest BCUT2D eigenvalue weighted by atomic mass is 32.2. The third kappa shape index (κ3) is 5.05. The number of benzene rings is 1. The van der Waals surface area contributed by atoms with Crippen LogP contribution in [0.25, 0.3) is 17.1 Å². The van der Waals surface area contributed by atoms with Crippen LogP contribution in [0.15, 0.2) is 59.3 Å². The number of carbonyl (C=O) groups is 1. The number of aryl methyl sites for hydroxylation is 1. The van der Waals surface area contributed by atoms with Gasteiger partial charge in [-0.25, -0.2) is 4.98 Å². The Balaban J connectivity index is 1.57. The van der Waals surface area contributed by atoms with Crippen molar-refractivity contribution in [3.8, 4) is 17.1 Å². The molecule has 4 aromatic rings. The number of hydrogen-bond donors (Lipinski definition) is 1. The number of nitrogens with zero attached hydrogens (tertiary/aromatic N) is 5. The van der Waals surface area contributed by atoms with Crippen LogP contribution in [-0.2, 0) is 5.75 Å². The number of pyridine rings is 1. The van der Waals surface area contributed by atoms with Gasteiger partial charge in [0.15, 0.2) is 11.0 Å². The molecule has 9 heteroatoms. The van der Waals surface area contributed by atoms with Crippen LogP contribution >= 0.6 is 23.1 Å². The molecule has 4 rings (SSSR count). The van der Waals surface area contributed by atoms with Crippen LogP contribution in [0, 0.1) is 6.92 Å². The molecule has 0 unspecified atom stereocenters. The minimum Gasteiger partial charge on any atom is -0.351 e. The molecule has 0 fully saturated rings. The minimum absolute atomic E-state index is 0.118. The van der Waals surface area contributed by atoms with Gasteiger partial charge in [0.2, 0.25) is 0 Å². The molecule has 3 heterocycles. The molecule has 0 bridgehead atoms. The molecule has 0 aliphatic heterocycles. The number of para-hydroxylation sites is 1. The summed E-state index contributed by atoms with van der Waals surface area (Å²) in [5.74, 6) is 1.22. The summed E-state index contributed by atoms with van der Waals surface area (Å²) in [5.41, 5.74) is 3.52. The maximum atomic E-state index is 12.2. The molecule has 0 radical (unpaired) electrons. The third-order valence-corrected chi connectivity index (χ3v) is 6.81. The van der Waals surface area contributed by atoms with E-state index in [9.17, 15) is 4.79 Å². The fourth-order valence-corrected chi connectivity index (χ4v) is 4.89. The summed E-state index contributed by atoms with van der Waals surface area (Å²) in [5, 5.41) is 15.3. The Morgan fingerprint density at radius 3 is 2.84 bits per heavy atom. The van der Waals surface area contributed by atoms with Gasteiger partial charge in [0, 0.05) is 29.9 Å². The highest BCUT2D eigenvalue weighted by molar-refractivity contribution is 7.98. The van der Waals surface area contributed by atoms with Crippen molar-refractivity contribution in [1.82, 2.24) is 30.0 Å². The summed E-state index contributed by atoms with van der Waals surface area (Å²) in [4.78, 5) is 21.0. The zero-order valence-corrected chi connectivity index (χ0v) is 19.6. The zero-order chi connectivity index (χ0) is 22.3. The van der Waals surface area contributed by atoms with E-state index < -0.39 is 0 Å². The average molecular weight is 465 g/mol. The summed E-state index contributed by atoms with van der Waals surface area (Å²) in [6.45, 7) is 4.84. The highest BCUT2D eigenvalue weighted by Crippen LogP contribution is 2.31. The quantitative estimate of drug-likeness (QED) is 0.280. The van der Waals surface area contributed by atoms with E-state index in [-0.39, 0.29) is 5.91 Å². The lowest BCUT2D eigenvalue weighted by atomic mass is 10.2. The van der Waals surface area contributed by atoms with E-state index in [0.717, 1.165) is 45.6 Å². The number of amides is 1. The number of aromatic nitrogens is 5. The van der Waals surface area contributed by atoms with Crippen molar-refractivity contribution in [2.75, 3.05) is 6.54 Å². The fourth-order valence-electron chi connectivity index (χ4n) is 3.15. The van der Waals surface area contributed by atoms with Crippen LogP contribution in [0.2, 0.25) is 0 Å². The Labute approximate surface area is 195 Å². The number of unbranched alkanes of at least 4 members (excludes halogenated alkanes) is 1. The molecule has 32 heavy (non-hydrogen) atoms. The predicted octanol–water partition coefficient (Wildman–Crippen LogP) is 4.92. The van der Waals surface area contributed by atoms with Gasteiger partial charge in [0.1, 0.15) is 10.7 Å². The van der Waals surface area contributed by atoms with Gasteiger partial charge in [-0.05, 0) is 37.1 Å². The molecule has 164 valence electrons. The van der Waals surface area contributed by atoms with E-state index in [1.165, 1.54) is 11.3 Å². The molecule has 1 aromatic carbocycles. The Morgan fingerprint density at radius 2 is 2.06 bits per heavy atom. The van der Waals surface area contributed by atoms with Gasteiger partial charge < -0.3 is 5.32 Å². The number of thiazole rings is 1. The molecule has 1 amide bonds. The second kappa shape index (κ2) is 10.5. The molecule has 0 atom stereocenters. The first kappa shape index (κ1) is 22.2. The summed E-state index contributed by atoms with van der Waals surface area (Å²) < 4.78 is 2.06. The summed E-state index contributed by atoms with van der Waals surface area (Å²) in [6, 6.07) is 12.0. The summed E-state index contributed by atoms with van der Waals surface area (Å²) in [7, 11) is 0. The van der Waals surface area contributed by atoms with Crippen molar-refractivity contribution in [3.05, 3.63) is 70.4 Å². The molecule has 0 spiro atoms. The monoisotopic (exact) mass is 464 g/mol. The third-order valence-electron chi connectivity index (χ3n) is 4.83.